The van der Waals surface area contributed by atoms with Gasteiger partial charge in [0.15, 0.2) is 11.5 Å². The molecule has 4 unspecified atom stereocenters. The van der Waals surface area contributed by atoms with Crippen molar-refractivity contribution in [2.45, 2.75) is 56.6 Å². The van der Waals surface area contributed by atoms with Crippen LogP contribution in [0.2, 0.25) is 10.0 Å². The van der Waals surface area contributed by atoms with Crippen LogP contribution in [0, 0.1) is 5.92 Å². The summed E-state index contributed by atoms with van der Waals surface area (Å²) < 4.78 is 11.8. The Morgan fingerprint density at radius 3 is 2.58 bits per heavy atom. The molecular weight excluding hydrogens is 559 g/mol. The number of methoxy groups -OCH3 is 1. The number of nitrogens with zero attached hydrogens (tertiary/aromatic N) is 1. The SMILES string of the molecule is COc1cc(CO)cc2c1OC1C2C(C(=O)NCCO)=CC(N(Cc2ccc(Cl)cc2Cl)C(=O)C2CCC2)C1O. The maximum Gasteiger partial charge on any atom is 0.247 e. The first-order valence-corrected chi connectivity index (χ1v) is 14.0. The van der Waals surface area contributed by atoms with Gasteiger partial charge in [-0.25, -0.2) is 0 Å². The molecule has 0 spiro atoms. The maximum atomic E-state index is 13.8. The smallest absolute Gasteiger partial charge is 0.247 e. The number of aliphatic hydroxyl groups excluding tert-OH is 3. The fraction of sp³-hybridized carbons (Fsp3) is 0.448. The van der Waals surface area contributed by atoms with Crippen LogP contribution in [-0.2, 0) is 22.7 Å². The lowest BCUT2D eigenvalue weighted by molar-refractivity contribution is -0.145. The molecule has 2 aliphatic carbocycles. The first-order valence-electron chi connectivity index (χ1n) is 13.3. The second-order valence-electron chi connectivity index (χ2n) is 10.3. The van der Waals surface area contributed by atoms with Gasteiger partial charge in [-0.2, -0.15) is 0 Å². The highest BCUT2D eigenvalue weighted by Crippen LogP contribution is 2.51. The van der Waals surface area contributed by atoms with Crippen LogP contribution in [-0.4, -0.2) is 70.5 Å². The van der Waals surface area contributed by atoms with E-state index in [2.05, 4.69) is 5.32 Å². The van der Waals surface area contributed by atoms with E-state index in [1.54, 1.807) is 41.3 Å². The Morgan fingerprint density at radius 1 is 1.18 bits per heavy atom. The molecule has 5 rings (SSSR count). The van der Waals surface area contributed by atoms with E-state index >= 15 is 0 Å². The van der Waals surface area contributed by atoms with Gasteiger partial charge in [0.2, 0.25) is 11.8 Å². The largest absolute Gasteiger partial charge is 0.493 e. The molecule has 2 amide bonds. The molecule has 40 heavy (non-hydrogen) atoms. The highest BCUT2D eigenvalue weighted by Gasteiger charge is 2.52. The monoisotopic (exact) mass is 590 g/mol. The molecule has 1 saturated carbocycles. The summed E-state index contributed by atoms with van der Waals surface area (Å²) >= 11 is 12.6. The number of ether oxygens (including phenoxy) is 2. The second-order valence-corrected chi connectivity index (χ2v) is 11.2. The lowest BCUT2D eigenvalue weighted by Crippen LogP contribution is -2.56. The number of rotatable bonds is 9. The number of fused-ring (bicyclic) bond motifs is 3. The summed E-state index contributed by atoms with van der Waals surface area (Å²) in [5.74, 6) is -0.740. The molecule has 0 aromatic heterocycles. The molecule has 1 fully saturated rings. The number of carbonyl (C=O) groups is 2. The number of halogens is 2. The summed E-state index contributed by atoms with van der Waals surface area (Å²) in [6, 6.07) is 7.49. The van der Waals surface area contributed by atoms with Crippen molar-refractivity contribution in [3.63, 3.8) is 0 Å². The summed E-state index contributed by atoms with van der Waals surface area (Å²) in [6.45, 7) is -0.388. The highest BCUT2D eigenvalue weighted by atomic mass is 35.5. The summed E-state index contributed by atoms with van der Waals surface area (Å²) in [5, 5.41) is 34.5. The Balaban J connectivity index is 1.60. The van der Waals surface area contributed by atoms with Crippen LogP contribution in [0.4, 0.5) is 0 Å². The molecule has 1 heterocycles. The minimum atomic E-state index is -1.20. The van der Waals surface area contributed by atoms with Gasteiger partial charge >= 0.3 is 0 Å². The predicted molar refractivity (Wildman–Crippen MR) is 148 cm³/mol. The standard InChI is InChI=1S/C29H32Cl2N2O7/c1-39-23-10-15(14-35)9-19-24-20(28(37)32-7-8-34)12-22(25(36)27(24)40-26(19)23)33(29(38)16-3-2-4-16)13-17-5-6-18(30)11-21(17)31/h5-6,9-12,16,22,24-25,27,34-36H,2-4,7-8,13-14H2,1H3,(H,32,37). The van der Waals surface area contributed by atoms with E-state index in [1.165, 1.54) is 7.11 Å². The first kappa shape index (κ1) is 28.7. The van der Waals surface area contributed by atoms with Crippen LogP contribution < -0.4 is 14.8 Å². The Bertz CT molecular complexity index is 1330. The molecule has 2 aromatic carbocycles. The van der Waals surface area contributed by atoms with E-state index in [0.717, 1.165) is 19.3 Å². The molecule has 0 bridgehead atoms. The highest BCUT2D eigenvalue weighted by molar-refractivity contribution is 6.35. The second kappa shape index (κ2) is 12.0. The number of nitrogens with one attached hydrogen (secondary N) is 1. The third-order valence-electron chi connectivity index (χ3n) is 7.95. The zero-order valence-electron chi connectivity index (χ0n) is 22.0. The molecule has 3 aliphatic rings. The van der Waals surface area contributed by atoms with Crippen LogP contribution in [0.25, 0.3) is 0 Å². The Labute approximate surface area is 242 Å². The summed E-state index contributed by atoms with van der Waals surface area (Å²) in [4.78, 5) is 28.8. The Kier molecular flexibility index (Phi) is 8.58. The van der Waals surface area contributed by atoms with Gasteiger partial charge in [0.25, 0.3) is 0 Å². The van der Waals surface area contributed by atoms with E-state index in [0.29, 0.717) is 43.8 Å². The number of hydrogen-bond acceptors (Lipinski definition) is 7. The first-order chi connectivity index (χ1) is 19.3. The average molecular weight is 591 g/mol. The summed E-state index contributed by atoms with van der Waals surface area (Å²) in [6.07, 6.45) is 1.93. The van der Waals surface area contributed by atoms with Crippen molar-refractivity contribution in [3.8, 4) is 11.5 Å². The lowest BCUT2D eigenvalue weighted by atomic mass is 9.76. The predicted octanol–water partition coefficient (Wildman–Crippen LogP) is 2.95. The maximum absolute atomic E-state index is 13.8. The minimum Gasteiger partial charge on any atom is -0.493 e. The van der Waals surface area contributed by atoms with Crippen molar-refractivity contribution in [2.75, 3.05) is 20.3 Å². The van der Waals surface area contributed by atoms with Gasteiger partial charge in [0, 0.05) is 40.2 Å². The molecule has 214 valence electrons. The van der Waals surface area contributed by atoms with Gasteiger partial charge in [0.05, 0.1) is 32.3 Å². The molecule has 9 nitrogen and oxygen atoms in total. The fourth-order valence-electron chi connectivity index (χ4n) is 5.67. The molecule has 0 radical (unpaired) electrons. The Morgan fingerprint density at radius 2 is 1.95 bits per heavy atom. The molecular formula is C29H32Cl2N2O7. The van der Waals surface area contributed by atoms with Crippen LogP contribution in [0.15, 0.2) is 42.0 Å². The van der Waals surface area contributed by atoms with Crippen molar-refractivity contribution >= 4 is 35.0 Å². The molecule has 4 atom stereocenters. The van der Waals surface area contributed by atoms with Crippen molar-refractivity contribution in [1.29, 1.82) is 0 Å². The van der Waals surface area contributed by atoms with Crippen molar-refractivity contribution in [3.05, 3.63) is 68.7 Å². The van der Waals surface area contributed by atoms with Crippen LogP contribution in [0.5, 0.6) is 11.5 Å². The molecule has 0 saturated heterocycles. The van der Waals surface area contributed by atoms with Crippen LogP contribution in [0.3, 0.4) is 0 Å². The van der Waals surface area contributed by atoms with Crippen molar-refractivity contribution < 1.29 is 34.4 Å². The van der Waals surface area contributed by atoms with Gasteiger partial charge in [-0.3, -0.25) is 9.59 Å². The topological polar surface area (TPSA) is 129 Å². The van der Waals surface area contributed by atoms with Gasteiger partial charge in [-0.1, -0.05) is 35.7 Å². The quantitative estimate of drug-likeness (QED) is 0.353. The summed E-state index contributed by atoms with van der Waals surface area (Å²) in [7, 11) is 1.47. The third-order valence-corrected chi connectivity index (χ3v) is 8.53. The van der Waals surface area contributed by atoms with E-state index < -0.39 is 30.1 Å². The molecule has 2 aromatic rings. The van der Waals surface area contributed by atoms with Crippen molar-refractivity contribution in [2.24, 2.45) is 5.92 Å². The van der Waals surface area contributed by atoms with Gasteiger partial charge < -0.3 is 35.0 Å². The van der Waals surface area contributed by atoms with E-state index in [1.807, 2.05) is 0 Å². The minimum absolute atomic E-state index is 0.0274. The van der Waals surface area contributed by atoms with Gasteiger partial charge in [-0.05, 0) is 54.3 Å². The van der Waals surface area contributed by atoms with E-state index in [4.69, 9.17) is 32.7 Å². The molecule has 4 N–H and O–H groups in total. The molecule has 11 heteroatoms. The number of amides is 2. The lowest BCUT2D eigenvalue weighted by Gasteiger charge is -2.43. The van der Waals surface area contributed by atoms with E-state index in [9.17, 15) is 24.9 Å². The van der Waals surface area contributed by atoms with Gasteiger partial charge in [-0.15, -0.1) is 0 Å². The third kappa shape index (κ3) is 5.29. The number of benzene rings is 2. The van der Waals surface area contributed by atoms with Crippen LogP contribution in [0.1, 0.15) is 41.9 Å². The number of aliphatic hydroxyl groups is 3. The van der Waals surface area contributed by atoms with Crippen molar-refractivity contribution in [1.82, 2.24) is 10.2 Å². The number of hydrogen-bond donors (Lipinski definition) is 4. The average Bonchev–Trinajstić information content (AvgIpc) is 3.30. The number of carbonyl (C=O) groups excluding carboxylic acids is 2. The fourth-order valence-corrected chi connectivity index (χ4v) is 6.14. The molecule has 1 aliphatic heterocycles. The van der Waals surface area contributed by atoms with E-state index in [-0.39, 0.29) is 38.1 Å². The Hall–Kier alpha value is -2.82. The summed E-state index contributed by atoms with van der Waals surface area (Å²) in [5.41, 5.74) is 2.09. The van der Waals surface area contributed by atoms with Crippen LogP contribution >= 0.6 is 23.2 Å². The van der Waals surface area contributed by atoms with Gasteiger partial charge in [0.1, 0.15) is 12.2 Å². The zero-order valence-corrected chi connectivity index (χ0v) is 23.5. The normalized spacial score (nSPS) is 23.3. The zero-order chi connectivity index (χ0) is 28.6.